The number of methoxy groups -OCH3 is 2. The molecular formula is C26H28N2O6S. The van der Waals surface area contributed by atoms with Crippen LogP contribution in [0.2, 0.25) is 0 Å². The van der Waals surface area contributed by atoms with Gasteiger partial charge in [0, 0.05) is 12.6 Å². The van der Waals surface area contributed by atoms with Gasteiger partial charge in [-0.15, -0.1) is 0 Å². The summed E-state index contributed by atoms with van der Waals surface area (Å²) in [5.74, 6) is 1.12. The first-order valence-electron chi connectivity index (χ1n) is 11.2. The first-order valence-corrected chi connectivity index (χ1v) is 12.6. The van der Waals surface area contributed by atoms with Crippen LogP contribution in [0, 0.1) is 6.92 Å². The summed E-state index contributed by atoms with van der Waals surface area (Å²) in [5, 5.41) is 2.74. The second-order valence-corrected chi connectivity index (χ2v) is 10.0. The summed E-state index contributed by atoms with van der Waals surface area (Å²) in [4.78, 5) is 12.6. The zero-order valence-electron chi connectivity index (χ0n) is 19.9. The molecule has 4 rings (SSSR count). The van der Waals surface area contributed by atoms with E-state index in [1.54, 1.807) is 44.4 Å². The topological polar surface area (TPSA) is 94.2 Å². The van der Waals surface area contributed by atoms with E-state index in [1.807, 2.05) is 24.3 Å². The van der Waals surface area contributed by atoms with Crippen molar-refractivity contribution in [3.05, 3.63) is 71.8 Å². The summed E-state index contributed by atoms with van der Waals surface area (Å²) >= 11 is 0. The molecule has 0 radical (unpaired) electrons. The Morgan fingerprint density at radius 2 is 1.80 bits per heavy atom. The Morgan fingerprint density at radius 3 is 2.54 bits per heavy atom. The van der Waals surface area contributed by atoms with Crippen LogP contribution < -0.4 is 23.8 Å². The monoisotopic (exact) mass is 496 g/mol. The number of nitrogens with one attached hydrogen (secondary N) is 1. The van der Waals surface area contributed by atoms with Gasteiger partial charge >= 0.3 is 0 Å². The van der Waals surface area contributed by atoms with E-state index in [4.69, 9.17) is 14.2 Å². The molecule has 1 aliphatic rings. The lowest BCUT2D eigenvalue weighted by molar-refractivity contribution is -0.118. The van der Waals surface area contributed by atoms with Crippen molar-refractivity contribution in [1.82, 2.24) is 0 Å². The van der Waals surface area contributed by atoms with Gasteiger partial charge in [0.05, 0.1) is 30.5 Å². The third-order valence-electron chi connectivity index (χ3n) is 5.84. The Morgan fingerprint density at radius 1 is 1.00 bits per heavy atom. The molecule has 3 aromatic carbocycles. The minimum absolute atomic E-state index is 0.187. The molecule has 0 saturated heterocycles. The first kappa shape index (κ1) is 24.4. The Hall–Kier alpha value is -3.72. The summed E-state index contributed by atoms with van der Waals surface area (Å²) in [6.45, 7) is 1.94. The maximum atomic E-state index is 13.4. The van der Waals surface area contributed by atoms with Crippen LogP contribution in [0.15, 0.2) is 65.6 Å². The number of para-hydroxylation sites is 1. The number of ether oxygens (including phenoxy) is 3. The number of fused-ring (bicyclic) bond motifs is 1. The van der Waals surface area contributed by atoms with Crippen molar-refractivity contribution in [2.24, 2.45) is 0 Å². The van der Waals surface area contributed by atoms with Crippen molar-refractivity contribution in [2.45, 2.75) is 24.7 Å². The third kappa shape index (κ3) is 5.19. The molecule has 0 fully saturated rings. The lowest BCUT2D eigenvalue weighted by atomic mass is 10.0. The van der Waals surface area contributed by atoms with Crippen molar-refractivity contribution in [1.29, 1.82) is 0 Å². The number of aryl methyl sites for hydroxylation is 2. The van der Waals surface area contributed by atoms with E-state index in [9.17, 15) is 13.2 Å². The first-order chi connectivity index (χ1) is 16.8. The largest absolute Gasteiger partial charge is 0.497 e. The molecule has 1 amide bonds. The van der Waals surface area contributed by atoms with E-state index in [1.165, 1.54) is 17.5 Å². The Balaban J connectivity index is 1.45. The van der Waals surface area contributed by atoms with Gasteiger partial charge < -0.3 is 19.5 Å². The molecule has 0 atom stereocenters. The molecule has 0 unspecified atom stereocenters. The highest BCUT2D eigenvalue weighted by Crippen LogP contribution is 2.33. The summed E-state index contributed by atoms with van der Waals surface area (Å²) in [6.07, 6.45) is 1.63. The SMILES string of the molecule is COc1ccc(NC(=O)COc2ccc(S(=O)(=O)N3CCCc4ccccc43)cc2C)c(OC)c1. The fourth-order valence-corrected chi connectivity index (χ4v) is 5.68. The number of carbonyl (C=O) groups excluding carboxylic acids is 1. The summed E-state index contributed by atoms with van der Waals surface area (Å²) in [7, 11) is -0.677. The number of rotatable bonds is 8. The third-order valence-corrected chi connectivity index (χ3v) is 7.65. The van der Waals surface area contributed by atoms with Gasteiger partial charge in [0.15, 0.2) is 6.61 Å². The highest BCUT2D eigenvalue weighted by atomic mass is 32.2. The number of sulfonamides is 1. The predicted octanol–water partition coefficient (Wildman–Crippen LogP) is 4.17. The van der Waals surface area contributed by atoms with Crippen LogP contribution in [0.1, 0.15) is 17.5 Å². The van der Waals surface area contributed by atoms with Gasteiger partial charge in [0.2, 0.25) is 0 Å². The van der Waals surface area contributed by atoms with Crippen molar-refractivity contribution in [2.75, 3.05) is 37.0 Å². The highest BCUT2D eigenvalue weighted by Gasteiger charge is 2.29. The van der Waals surface area contributed by atoms with Crippen LogP contribution >= 0.6 is 0 Å². The molecule has 0 bridgehead atoms. The smallest absolute Gasteiger partial charge is 0.264 e. The molecule has 184 valence electrons. The minimum atomic E-state index is -3.73. The van der Waals surface area contributed by atoms with E-state index < -0.39 is 10.0 Å². The van der Waals surface area contributed by atoms with E-state index in [2.05, 4.69) is 5.32 Å². The van der Waals surface area contributed by atoms with Gasteiger partial charge in [-0.2, -0.15) is 0 Å². The fourth-order valence-electron chi connectivity index (χ4n) is 4.05. The molecule has 0 aliphatic carbocycles. The second-order valence-electron chi connectivity index (χ2n) is 8.14. The van der Waals surface area contributed by atoms with Crippen molar-refractivity contribution in [3.63, 3.8) is 0 Å². The Bertz CT molecular complexity index is 1340. The molecule has 8 nitrogen and oxygen atoms in total. The average Bonchev–Trinajstić information content (AvgIpc) is 2.87. The van der Waals surface area contributed by atoms with Crippen molar-refractivity contribution in [3.8, 4) is 17.2 Å². The molecule has 0 spiro atoms. The van der Waals surface area contributed by atoms with Gasteiger partial charge in [-0.3, -0.25) is 9.10 Å². The van der Waals surface area contributed by atoms with Crippen LogP contribution in [0.5, 0.6) is 17.2 Å². The fraction of sp³-hybridized carbons (Fsp3) is 0.269. The minimum Gasteiger partial charge on any atom is -0.497 e. The maximum Gasteiger partial charge on any atom is 0.264 e. The van der Waals surface area contributed by atoms with Crippen molar-refractivity contribution >= 4 is 27.3 Å². The second kappa shape index (κ2) is 10.3. The Kier molecular flexibility index (Phi) is 7.16. The standard InChI is InChI=1S/C26H28N2O6S/c1-18-15-21(35(30,31)28-14-6-8-19-7-4-5-9-23(19)28)11-13-24(18)34-17-26(29)27-22-12-10-20(32-2)16-25(22)33-3/h4-5,7,9-13,15-16H,6,8,14,17H2,1-3H3,(H,27,29). The molecule has 0 aromatic heterocycles. The van der Waals surface area contributed by atoms with E-state index in [0.29, 0.717) is 35.0 Å². The van der Waals surface area contributed by atoms with Crippen LogP contribution in [0.3, 0.4) is 0 Å². The molecule has 1 N–H and O–H groups in total. The van der Waals surface area contributed by atoms with E-state index >= 15 is 0 Å². The van der Waals surface area contributed by atoms with Crippen LogP contribution in [0.4, 0.5) is 11.4 Å². The normalized spacial score (nSPS) is 13.1. The van der Waals surface area contributed by atoms with Crippen molar-refractivity contribution < 1.29 is 27.4 Å². The van der Waals surface area contributed by atoms with E-state index in [0.717, 1.165) is 24.1 Å². The quantitative estimate of drug-likeness (QED) is 0.503. The van der Waals surface area contributed by atoms with Crippen LogP contribution in [-0.4, -0.2) is 41.7 Å². The number of hydrogen-bond acceptors (Lipinski definition) is 6. The predicted molar refractivity (Wildman–Crippen MR) is 134 cm³/mol. The number of anilines is 2. The molecule has 9 heteroatoms. The van der Waals surface area contributed by atoms with Gasteiger partial charge in [-0.05, 0) is 67.3 Å². The molecule has 35 heavy (non-hydrogen) atoms. The van der Waals surface area contributed by atoms with Gasteiger partial charge in [0.1, 0.15) is 17.2 Å². The molecule has 0 saturated carbocycles. The number of nitrogens with zero attached hydrogens (tertiary/aromatic N) is 1. The molecule has 1 aliphatic heterocycles. The number of amides is 1. The lowest BCUT2D eigenvalue weighted by Crippen LogP contribution is -2.35. The highest BCUT2D eigenvalue weighted by molar-refractivity contribution is 7.92. The van der Waals surface area contributed by atoms with Gasteiger partial charge in [-0.25, -0.2) is 8.42 Å². The van der Waals surface area contributed by atoms with Gasteiger partial charge in [-0.1, -0.05) is 18.2 Å². The average molecular weight is 497 g/mol. The zero-order chi connectivity index (χ0) is 25.0. The number of benzene rings is 3. The number of carbonyl (C=O) groups is 1. The maximum absolute atomic E-state index is 13.4. The zero-order valence-corrected chi connectivity index (χ0v) is 20.7. The number of hydrogen-bond donors (Lipinski definition) is 1. The molecule has 3 aromatic rings. The Labute approximate surface area is 205 Å². The summed E-state index contributed by atoms with van der Waals surface area (Å²) < 4.78 is 44.4. The van der Waals surface area contributed by atoms with Gasteiger partial charge in [0.25, 0.3) is 15.9 Å². The van der Waals surface area contributed by atoms with E-state index in [-0.39, 0.29) is 17.4 Å². The summed E-state index contributed by atoms with van der Waals surface area (Å²) in [6, 6.07) is 17.3. The summed E-state index contributed by atoms with van der Waals surface area (Å²) in [5.41, 5.74) is 2.86. The lowest BCUT2D eigenvalue weighted by Gasteiger charge is -2.30. The van der Waals surface area contributed by atoms with Crippen LogP contribution in [-0.2, 0) is 21.2 Å². The molecular weight excluding hydrogens is 468 g/mol. The van der Waals surface area contributed by atoms with Crippen LogP contribution in [0.25, 0.3) is 0 Å². The molecule has 1 heterocycles.